The van der Waals surface area contributed by atoms with Crippen LogP contribution in [0.5, 0.6) is 0 Å². The van der Waals surface area contributed by atoms with Gasteiger partial charge >= 0.3 is 0 Å². The van der Waals surface area contributed by atoms with Gasteiger partial charge in [0.1, 0.15) is 11.4 Å². The number of aromatic amines is 2. The van der Waals surface area contributed by atoms with E-state index in [-0.39, 0.29) is 11.5 Å². The number of H-pyrrole nitrogens is 2. The Kier molecular flexibility index (Phi) is 3.93. The third kappa shape index (κ3) is 2.80. The lowest BCUT2D eigenvalue weighted by atomic mass is 9.81. The first-order chi connectivity index (χ1) is 13.2. The van der Waals surface area contributed by atoms with Gasteiger partial charge in [-0.25, -0.2) is 4.98 Å². The van der Waals surface area contributed by atoms with Crippen molar-refractivity contribution in [2.45, 2.75) is 38.1 Å². The molecule has 7 nitrogen and oxygen atoms in total. The molecule has 2 aliphatic rings. The predicted molar refractivity (Wildman–Crippen MR) is 102 cm³/mol. The normalized spacial score (nSPS) is 16.8. The van der Waals surface area contributed by atoms with Crippen molar-refractivity contribution >= 4 is 17.2 Å². The van der Waals surface area contributed by atoms with E-state index in [2.05, 4.69) is 20.2 Å². The third-order valence-electron chi connectivity index (χ3n) is 5.53. The van der Waals surface area contributed by atoms with Gasteiger partial charge in [-0.05, 0) is 24.3 Å². The summed E-state index contributed by atoms with van der Waals surface area (Å²) >= 11 is 1.49. The van der Waals surface area contributed by atoms with Crippen molar-refractivity contribution in [3.63, 3.8) is 0 Å². The van der Waals surface area contributed by atoms with E-state index in [4.69, 9.17) is 0 Å². The average molecular weight is 381 g/mol. The van der Waals surface area contributed by atoms with Crippen LogP contribution in [0.25, 0.3) is 10.7 Å². The molecule has 1 fully saturated rings. The lowest BCUT2D eigenvalue weighted by molar-refractivity contribution is 0.0731. The Morgan fingerprint density at radius 1 is 1.33 bits per heavy atom. The van der Waals surface area contributed by atoms with E-state index in [0.29, 0.717) is 24.8 Å². The van der Waals surface area contributed by atoms with Crippen molar-refractivity contribution in [1.29, 1.82) is 0 Å². The van der Waals surface area contributed by atoms with Gasteiger partial charge in [0.05, 0.1) is 10.6 Å². The highest BCUT2D eigenvalue weighted by molar-refractivity contribution is 7.13. The number of fused-ring (bicyclic) bond motifs is 1. The molecular weight excluding hydrogens is 362 g/mol. The van der Waals surface area contributed by atoms with Gasteiger partial charge < -0.3 is 9.88 Å². The maximum Gasteiger partial charge on any atom is 0.264 e. The molecule has 8 heteroatoms. The van der Waals surface area contributed by atoms with Gasteiger partial charge in [-0.15, -0.1) is 11.3 Å². The van der Waals surface area contributed by atoms with E-state index in [1.807, 2.05) is 17.5 Å². The quantitative estimate of drug-likeness (QED) is 0.729. The van der Waals surface area contributed by atoms with E-state index in [9.17, 15) is 9.59 Å². The molecule has 27 heavy (non-hydrogen) atoms. The van der Waals surface area contributed by atoms with Crippen LogP contribution in [0.1, 0.15) is 52.5 Å². The molecule has 0 unspecified atom stereocenters. The zero-order chi connectivity index (χ0) is 18.4. The van der Waals surface area contributed by atoms with E-state index >= 15 is 0 Å². The summed E-state index contributed by atoms with van der Waals surface area (Å²) in [5, 5.41) is 9.56. The number of amides is 1. The lowest BCUT2D eigenvalue weighted by Crippen LogP contribution is -2.39. The van der Waals surface area contributed by atoms with Crippen molar-refractivity contribution in [2.24, 2.45) is 0 Å². The van der Waals surface area contributed by atoms with Crippen LogP contribution in [0.2, 0.25) is 0 Å². The summed E-state index contributed by atoms with van der Waals surface area (Å²) in [5.74, 6) is 0.734. The number of nitrogens with zero attached hydrogens (tertiary/aromatic N) is 3. The van der Waals surface area contributed by atoms with Gasteiger partial charge in [0.2, 0.25) is 0 Å². The number of nitrogens with one attached hydrogen (secondary N) is 2. The van der Waals surface area contributed by atoms with Crippen LogP contribution < -0.4 is 5.56 Å². The minimum absolute atomic E-state index is 0.0902. The summed E-state index contributed by atoms with van der Waals surface area (Å²) < 4.78 is 0. The molecule has 1 aliphatic carbocycles. The lowest BCUT2D eigenvalue weighted by Gasteiger charge is -2.30. The molecule has 2 N–H and O–H groups in total. The highest BCUT2D eigenvalue weighted by Crippen LogP contribution is 2.38. The maximum absolute atomic E-state index is 13.0. The van der Waals surface area contributed by atoms with E-state index in [1.54, 1.807) is 4.90 Å². The Bertz CT molecular complexity index is 1050. The maximum atomic E-state index is 13.0. The van der Waals surface area contributed by atoms with Crippen LogP contribution in [0.15, 0.2) is 28.5 Å². The second-order valence-corrected chi connectivity index (χ2v) is 8.07. The van der Waals surface area contributed by atoms with Crippen LogP contribution in [-0.2, 0) is 13.0 Å². The summed E-state index contributed by atoms with van der Waals surface area (Å²) in [6.07, 6.45) is 5.71. The molecule has 1 aliphatic heterocycles. The van der Waals surface area contributed by atoms with Crippen LogP contribution in [0.3, 0.4) is 0 Å². The number of hydrogen-bond acceptors (Lipinski definition) is 5. The first kappa shape index (κ1) is 16.4. The van der Waals surface area contributed by atoms with Gasteiger partial charge in [-0.2, -0.15) is 5.10 Å². The predicted octanol–water partition coefficient (Wildman–Crippen LogP) is 2.69. The van der Waals surface area contributed by atoms with Crippen molar-refractivity contribution in [2.75, 3.05) is 6.54 Å². The first-order valence-corrected chi connectivity index (χ1v) is 10.1. The first-order valence-electron chi connectivity index (χ1n) is 9.19. The van der Waals surface area contributed by atoms with Gasteiger partial charge in [0, 0.05) is 42.9 Å². The molecule has 1 amide bonds. The van der Waals surface area contributed by atoms with Crippen LogP contribution in [0.4, 0.5) is 0 Å². The summed E-state index contributed by atoms with van der Waals surface area (Å²) in [4.78, 5) is 35.1. The van der Waals surface area contributed by atoms with Gasteiger partial charge in [-0.1, -0.05) is 12.5 Å². The topological polar surface area (TPSA) is 94.7 Å². The molecule has 4 heterocycles. The average Bonchev–Trinajstić information content (AvgIpc) is 3.30. The molecule has 0 aromatic carbocycles. The van der Waals surface area contributed by atoms with E-state index < -0.39 is 5.56 Å². The number of thiophene rings is 1. The molecule has 1 saturated carbocycles. The molecule has 3 aromatic rings. The van der Waals surface area contributed by atoms with Gasteiger partial charge in [0.15, 0.2) is 0 Å². The molecule has 0 radical (unpaired) electrons. The highest BCUT2D eigenvalue weighted by atomic mass is 32.1. The van der Waals surface area contributed by atoms with Crippen LogP contribution in [0, 0.1) is 0 Å². The summed E-state index contributed by atoms with van der Waals surface area (Å²) in [5.41, 5.74) is 3.07. The molecule has 0 spiro atoms. The van der Waals surface area contributed by atoms with Crippen LogP contribution >= 0.6 is 11.3 Å². The zero-order valence-electron chi connectivity index (χ0n) is 14.7. The Balaban J connectivity index is 1.40. The SMILES string of the molecule is O=C(c1cnc(-c2cccs2)[nH]c1=O)N1CCc2[nH]nc(C3CCC3)c2C1. The van der Waals surface area contributed by atoms with E-state index in [1.165, 1.54) is 36.8 Å². The van der Waals surface area contributed by atoms with E-state index in [0.717, 1.165) is 28.2 Å². The standard InChI is InChI=1S/C19H19N5O2S/c25-18-12(9-20-17(21-18)15-5-2-8-27-15)19(26)24-7-6-14-13(10-24)16(23-22-14)11-3-1-4-11/h2,5,8-9,11H,1,3-4,6-7,10H2,(H,22,23)(H,20,21,25). The Morgan fingerprint density at radius 3 is 2.93 bits per heavy atom. The van der Waals surface area contributed by atoms with Crippen molar-refractivity contribution < 1.29 is 4.79 Å². The number of hydrogen-bond donors (Lipinski definition) is 2. The van der Waals surface area contributed by atoms with Crippen molar-refractivity contribution in [3.05, 3.63) is 56.6 Å². The van der Waals surface area contributed by atoms with Crippen molar-refractivity contribution in [1.82, 2.24) is 25.1 Å². The molecular formula is C19H19N5O2S. The van der Waals surface area contributed by atoms with Crippen molar-refractivity contribution in [3.8, 4) is 10.7 Å². The smallest absolute Gasteiger partial charge is 0.264 e. The fourth-order valence-electron chi connectivity index (χ4n) is 3.77. The Morgan fingerprint density at radius 2 is 2.22 bits per heavy atom. The number of rotatable bonds is 3. The fraction of sp³-hybridized carbons (Fsp3) is 0.368. The third-order valence-corrected chi connectivity index (χ3v) is 6.41. The molecule has 5 rings (SSSR count). The molecule has 0 saturated heterocycles. The van der Waals surface area contributed by atoms with Gasteiger partial charge in [-0.3, -0.25) is 14.7 Å². The highest BCUT2D eigenvalue weighted by Gasteiger charge is 2.31. The number of carbonyl (C=O) groups is 1. The number of carbonyl (C=O) groups excluding carboxylic acids is 1. The summed E-state index contributed by atoms with van der Waals surface area (Å²) in [6.45, 7) is 1.08. The molecule has 0 atom stereocenters. The Labute approximate surface area is 159 Å². The Hall–Kier alpha value is -2.74. The molecule has 138 valence electrons. The fourth-order valence-corrected chi connectivity index (χ4v) is 4.44. The largest absolute Gasteiger partial charge is 0.334 e. The van der Waals surface area contributed by atoms with Gasteiger partial charge in [0.25, 0.3) is 11.5 Å². The minimum atomic E-state index is -0.393. The second-order valence-electron chi connectivity index (χ2n) is 7.12. The zero-order valence-corrected chi connectivity index (χ0v) is 15.5. The molecule has 3 aromatic heterocycles. The minimum Gasteiger partial charge on any atom is -0.334 e. The monoisotopic (exact) mass is 381 g/mol. The number of aromatic nitrogens is 4. The molecule has 0 bridgehead atoms. The second kappa shape index (κ2) is 6.45. The summed E-state index contributed by atoms with van der Waals surface area (Å²) in [7, 11) is 0. The van der Waals surface area contributed by atoms with Crippen LogP contribution in [-0.4, -0.2) is 37.5 Å². The summed E-state index contributed by atoms with van der Waals surface area (Å²) in [6, 6.07) is 3.78.